The molecule has 4 nitrogen and oxygen atoms in total. The van der Waals surface area contributed by atoms with E-state index in [1.54, 1.807) is 0 Å². The summed E-state index contributed by atoms with van der Waals surface area (Å²) in [5.74, 6) is 0.602. The number of para-hydroxylation sites is 3. The van der Waals surface area contributed by atoms with Crippen molar-refractivity contribution in [1.82, 2.24) is 0 Å². The summed E-state index contributed by atoms with van der Waals surface area (Å²) in [7, 11) is 0. The van der Waals surface area contributed by atoms with Crippen LogP contribution in [0.4, 0.5) is 11.4 Å². The minimum Gasteiger partial charge on any atom is -0.483 e. The van der Waals surface area contributed by atoms with Crippen molar-refractivity contribution in [2.24, 2.45) is 0 Å². The summed E-state index contributed by atoms with van der Waals surface area (Å²) >= 11 is 0. The van der Waals surface area contributed by atoms with Gasteiger partial charge in [0.1, 0.15) is 5.75 Å². The first-order chi connectivity index (χ1) is 14.3. The van der Waals surface area contributed by atoms with Crippen LogP contribution in [-0.2, 0) is 11.2 Å². The van der Waals surface area contributed by atoms with Crippen LogP contribution in [0.1, 0.15) is 24.0 Å². The normalized spacial score (nSPS) is 13.3. The number of amides is 1. The molecular weight excluding hydrogens is 360 g/mol. The van der Waals surface area contributed by atoms with Crippen molar-refractivity contribution in [3.05, 3.63) is 90.0 Å². The summed E-state index contributed by atoms with van der Waals surface area (Å²) in [5.41, 5.74) is 4.22. The minimum atomic E-state index is -0.147. The second kappa shape index (κ2) is 9.28. The topological polar surface area (TPSA) is 41.6 Å². The standard InChI is InChI=1S/C25H26N2O2/c28-25(26-22-13-5-6-14-23(22)27-16-8-9-17-27)19-29-24-15-7-4-12-21(24)18-20-10-2-1-3-11-20/h1-7,10-15H,8-9,16-19H2,(H,26,28). The highest BCUT2D eigenvalue weighted by Crippen LogP contribution is 2.28. The van der Waals surface area contributed by atoms with Crippen LogP contribution >= 0.6 is 0 Å². The van der Waals surface area contributed by atoms with Crippen molar-refractivity contribution in [3.8, 4) is 5.75 Å². The predicted molar refractivity (Wildman–Crippen MR) is 118 cm³/mol. The predicted octanol–water partition coefficient (Wildman–Crippen LogP) is 4.90. The maximum absolute atomic E-state index is 12.6. The molecule has 1 fully saturated rings. The SMILES string of the molecule is O=C(COc1ccccc1Cc1ccccc1)Nc1ccccc1N1CCCC1. The molecule has 1 aliphatic heterocycles. The zero-order valence-corrected chi connectivity index (χ0v) is 16.5. The average Bonchev–Trinajstić information content (AvgIpc) is 3.29. The minimum absolute atomic E-state index is 0.0138. The third-order valence-corrected chi connectivity index (χ3v) is 5.19. The summed E-state index contributed by atoms with van der Waals surface area (Å²) in [5, 5.41) is 3.02. The summed E-state index contributed by atoms with van der Waals surface area (Å²) in [6, 6.07) is 26.1. The zero-order chi connectivity index (χ0) is 19.9. The first-order valence-corrected chi connectivity index (χ1v) is 10.2. The van der Waals surface area contributed by atoms with E-state index in [9.17, 15) is 4.79 Å². The molecule has 1 aliphatic rings. The van der Waals surface area contributed by atoms with Crippen LogP contribution in [0.2, 0.25) is 0 Å². The van der Waals surface area contributed by atoms with E-state index < -0.39 is 0 Å². The van der Waals surface area contributed by atoms with Crippen molar-refractivity contribution in [2.45, 2.75) is 19.3 Å². The lowest BCUT2D eigenvalue weighted by Gasteiger charge is -2.21. The van der Waals surface area contributed by atoms with Gasteiger partial charge in [0.25, 0.3) is 5.91 Å². The molecule has 1 N–H and O–H groups in total. The molecule has 0 spiro atoms. The van der Waals surface area contributed by atoms with Gasteiger partial charge < -0.3 is 15.0 Å². The van der Waals surface area contributed by atoms with Gasteiger partial charge in [-0.25, -0.2) is 0 Å². The molecule has 0 radical (unpaired) electrons. The van der Waals surface area contributed by atoms with E-state index in [2.05, 4.69) is 28.4 Å². The Morgan fingerprint density at radius 1 is 0.862 bits per heavy atom. The van der Waals surface area contributed by atoms with Crippen molar-refractivity contribution >= 4 is 17.3 Å². The van der Waals surface area contributed by atoms with Crippen LogP contribution in [-0.4, -0.2) is 25.6 Å². The van der Waals surface area contributed by atoms with E-state index in [0.29, 0.717) is 0 Å². The molecule has 1 heterocycles. The fourth-order valence-electron chi connectivity index (χ4n) is 3.75. The van der Waals surface area contributed by atoms with E-state index in [1.165, 1.54) is 18.4 Å². The van der Waals surface area contributed by atoms with E-state index in [1.807, 2.05) is 60.7 Å². The number of nitrogens with one attached hydrogen (secondary N) is 1. The Hall–Kier alpha value is -3.27. The number of carbonyl (C=O) groups is 1. The number of rotatable bonds is 7. The number of ether oxygens (including phenoxy) is 1. The number of carbonyl (C=O) groups excluding carboxylic acids is 1. The summed E-state index contributed by atoms with van der Waals surface area (Å²) in [4.78, 5) is 14.9. The van der Waals surface area contributed by atoms with Crippen molar-refractivity contribution < 1.29 is 9.53 Å². The Labute approximate surface area is 172 Å². The molecule has 4 rings (SSSR count). The van der Waals surface area contributed by atoms with Gasteiger partial charge in [0.2, 0.25) is 0 Å². The lowest BCUT2D eigenvalue weighted by molar-refractivity contribution is -0.118. The van der Waals surface area contributed by atoms with Crippen molar-refractivity contribution in [2.75, 3.05) is 29.9 Å². The number of benzene rings is 3. The van der Waals surface area contributed by atoms with Crippen LogP contribution in [0.15, 0.2) is 78.9 Å². The third-order valence-electron chi connectivity index (χ3n) is 5.19. The smallest absolute Gasteiger partial charge is 0.262 e. The molecule has 1 amide bonds. The summed E-state index contributed by atoms with van der Waals surface area (Å²) in [6.07, 6.45) is 3.17. The van der Waals surface area contributed by atoms with E-state index in [-0.39, 0.29) is 12.5 Å². The molecule has 29 heavy (non-hydrogen) atoms. The highest BCUT2D eigenvalue weighted by Gasteiger charge is 2.17. The van der Waals surface area contributed by atoms with Gasteiger partial charge in [-0.3, -0.25) is 4.79 Å². The molecule has 4 heteroatoms. The quantitative estimate of drug-likeness (QED) is 0.628. The van der Waals surface area contributed by atoms with Crippen LogP contribution in [0.5, 0.6) is 5.75 Å². The van der Waals surface area contributed by atoms with Gasteiger partial charge in [-0.05, 0) is 42.2 Å². The Bertz CT molecular complexity index is 950. The molecule has 0 aliphatic carbocycles. The molecule has 0 saturated carbocycles. The molecule has 148 valence electrons. The first-order valence-electron chi connectivity index (χ1n) is 10.2. The van der Waals surface area contributed by atoms with Gasteiger partial charge in [-0.1, -0.05) is 60.7 Å². The molecule has 0 aromatic heterocycles. The molecule has 0 unspecified atom stereocenters. The monoisotopic (exact) mass is 386 g/mol. The molecule has 3 aromatic rings. The lowest BCUT2D eigenvalue weighted by atomic mass is 10.0. The zero-order valence-electron chi connectivity index (χ0n) is 16.5. The number of anilines is 2. The van der Waals surface area contributed by atoms with Gasteiger partial charge in [0.05, 0.1) is 11.4 Å². The largest absolute Gasteiger partial charge is 0.483 e. The molecular formula is C25H26N2O2. The summed E-state index contributed by atoms with van der Waals surface area (Å²) in [6.45, 7) is 2.06. The van der Waals surface area contributed by atoms with Gasteiger partial charge in [-0.15, -0.1) is 0 Å². The first kappa shape index (κ1) is 19.1. The molecule has 1 saturated heterocycles. The van der Waals surface area contributed by atoms with Crippen molar-refractivity contribution in [3.63, 3.8) is 0 Å². The number of hydrogen-bond donors (Lipinski definition) is 1. The van der Waals surface area contributed by atoms with Gasteiger partial charge in [0.15, 0.2) is 6.61 Å². The van der Waals surface area contributed by atoms with E-state index in [0.717, 1.165) is 42.2 Å². The molecule has 0 bridgehead atoms. The molecule has 3 aromatic carbocycles. The van der Waals surface area contributed by atoms with Gasteiger partial charge in [-0.2, -0.15) is 0 Å². The van der Waals surface area contributed by atoms with E-state index >= 15 is 0 Å². The maximum atomic E-state index is 12.6. The Kier molecular flexibility index (Phi) is 6.10. The van der Waals surface area contributed by atoms with Crippen LogP contribution in [0.25, 0.3) is 0 Å². The fraction of sp³-hybridized carbons (Fsp3) is 0.240. The molecule has 0 atom stereocenters. The third kappa shape index (κ3) is 4.96. The number of nitrogens with zero attached hydrogens (tertiary/aromatic N) is 1. The Morgan fingerprint density at radius 3 is 2.38 bits per heavy atom. The van der Waals surface area contributed by atoms with E-state index in [4.69, 9.17) is 4.74 Å². The Morgan fingerprint density at radius 2 is 1.55 bits per heavy atom. The van der Waals surface area contributed by atoms with Crippen LogP contribution in [0, 0.1) is 0 Å². The highest BCUT2D eigenvalue weighted by molar-refractivity contribution is 5.95. The van der Waals surface area contributed by atoms with Gasteiger partial charge >= 0.3 is 0 Å². The van der Waals surface area contributed by atoms with Crippen LogP contribution < -0.4 is 15.0 Å². The average molecular weight is 386 g/mol. The Balaban J connectivity index is 1.40. The van der Waals surface area contributed by atoms with Crippen LogP contribution in [0.3, 0.4) is 0 Å². The number of hydrogen-bond acceptors (Lipinski definition) is 3. The van der Waals surface area contributed by atoms with Gasteiger partial charge in [0, 0.05) is 19.5 Å². The second-order valence-electron chi connectivity index (χ2n) is 7.32. The van der Waals surface area contributed by atoms with Crippen molar-refractivity contribution in [1.29, 1.82) is 0 Å². The summed E-state index contributed by atoms with van der Waals surface area (Å²) < 4.78 is 5.88. The lowest BCUT2D eigenvalue weighted by Crippen LogP contribution is -2.24. The second-order valence-corrected chi connectivity index (χ2v) is 7.32. The highest BCUT2D eigenvalue weighted by atomic mass is 16.5. The maximum Gasteiger partial charge on any atom is 0.262 e. The fourth-order valence-corrected chi connectivity index (χ4v) is 3.75.